The molecule has 0 heterocycles. The zero-order valence-electron chi connectivity index (χ0n) is 12.0. The van der Waals surface area contributed by atoms with Gasteiger partial charge in [0, 0.05) is 6.54 Å². The fourth-order valence-corrected chi connectivity index (χ4v) is 2.07. The normalized spacial score (nSPS) is 12.3. The third-order valence-electron chi connectivity index (χ3n) is 2.68. The monoisotopic (exact) mass is 266 g/mol. The van der Waals surface area contributed by atoms with E-state index in [0.717, 1.165) is 6.42 Å². The summed E-state index contributed by atoms with van der Waals surface area (Å²) in [5, 5.41) is 14.2. The molecular weight excluding hydrogens is 244 g/mol. The van der Waals surface area contributed by atoms with E-state index in [4.69, 9.17) is 4.74 Å². The Bertz CT molecular complexity index is 433. The lowest BCUT2D eigenvalue weighted by molar-refractivity contribution is -0.385. The molecule has 5 nitrogen and oxygen atoms in total. The Morgan fingerprint density at radius 1 is 1.37 bits per heavy atom. The summed E-state index contributed by atoms with van der Waals surface area (Å²) in [6, 6.07) is 5.11. The first-order chi connectivity index (χ1) is 8.95. The number of benzene rings is 1. The van der Waals surface area contributed by atoms with Crippen molar-refractivity contribution in [2.75, 3.05) is 11.9 Å². The van der Waals surface area contributed by atoms with Gasteiger partial charge in [-0.15, -0.1) is 0 Å². The first kappa shape index (κ1) is 15.3. The van der Waals surface area contributed by atoms with E-state index in [9.17, 15) is 10.1 Å². The number of hydrogen-bond acceptors (Lipinski definition) is 4. The van der Waals surface area contributed by atoms with Crippen molar-refractivity contribution in [2.45, 2.75) is 40.2 Å². The van der Waals surface area contributed by atoms with Gasteiger partial charge in [-0.2, -0.15) is 0 Å². The highest BCUT2D eigenvalue weighted by Crippen LogP contribution is 2.35. The topological polar surface area (TPSA) is 64.4 Å². The molecule has 0 amide bonds. The van der Waals surface area contributed by atoms with E-state index >= 15 is 0 Å². The minimum atomic E-state index is -0.393. The number of nitro benzene ring substituents is 1. The second kappa shape index (κ2) is 6.97. The molecule has 0 bridgehead atoms. The van der Waals surface area contributed by atoms with Crippen molar-refractivity contribution in [2.24, 2.45) is 5.92 Å². The van der Waals surface area contributed by atoms with Gasteiger partial charge in [-0.1, -0.05) is 19.9 Å². The number of anilines is 1. The molecule has 0 saturated heterocycles. The van der Waals surface area contributed by atoms with Crippen LogP contribution >= 0.6 is 0 Å². The zero-order valence-corrected chi connectivity index (χ0v) is 12.0. The molecular formula is C14H22N2O3. The Hall–Kier alpha value is -1.78. The average molecular weight is 266 g/mol. The summed E-state index contributed by atoms with van der Waals surface area (Å²) in [4.78, 5) is 10.8. The molecule has 1 atom stereocenters. The lowest BCUT2D eigenvalue weighted by atomic mass is 10.1. The number of ether oxygens (including phenoxy) is 1. The maximum Gasteiger partial charge on any atom is 0.333 e. The first-order valence-electron chi connectivity index (χ1n) is 6.63. The number of rotatable bonds is 7. The standard InChI is InChI=1S/C14H22N2O3/c1-5-15-12-7-6-8-13(14(12)16(17)18)19-11(4)9-10(2)3/h6-8,10-11,15H,5,9H2,1-4H3. The lowest BCUT2D eigenvalue weighted by Crippen LogP contribution is -2.15. The molecule has 1 aromatic rings. The van der Waals surface area contributed by atoms with Gasteiger partial charge >= 0.3 is 5.69 Å². The largest absolute Gasteiger partial charge is 0.484 e. The summed E-state index contributed by atoms with van der Waals surface area (Å²) in [6.07, 6.45) is 0.818. The lowest BCUT2D eigenvalue weighted by Gasteiger charge is -2.17. The summed E-state index contributed by atoms with van der Waals surface area (Å²) in [7, 11) is 0. The molecule has 1 aromatic carbocycles. The van der Waals surface area contributed by atoms with Crippen LogP contribution in [0, 0.1) is 16.0 Å². The van der Waals surface area contributed by atoms with Gasteiger partial charge in [-0.25, -0.2) is 0 Å². The van der Waals surface area contributed by atoms with Crippen LogP contribution in [-0.2, 0) is 0 Å². The Morgan fingerprint density at radius 3 is 2.58 bits per heavy atom. The van der Waals surface area contributed by atoms with Crippen LogP contribution in [0.15, 0.2) is 18.2 Å². The van der Waals surface area contributed by atoms with Gasteiger partial charge in [-0.05, 0) is 38.3 Å². The number of hydrogen-bond donors (Lipinski definition) is 1. The van der Waals surface area contributed by atoms with Crippen LogP contribution in [0.25, 0.3) is 0 Å². The van der Waals surface area contributed by atoms with Gasteiger partial charge in [0.2, 0.25) is 0 Å². The van der Waals surface area contributed by atoms with Crippen molar-refractivity contribution < 1.29 is 9.66 Å². The minimum Gasteiger partial charge on any atom is -0.484 e. The molecule has 0 radical (unpaired) electrons. The van der Waals surface area contributed by atoms with Gasteiger partial charge in [0.25, 0.3) is 0 Å². The van der Waals surface area contributed by atoms with E-state index in [-0.39, 0.29) is 11.8 Å². The van der Waals surface area contributed by atoms with E-state index in [0.29, 0.717) is 23.9 Å². The van der Waals surface area contributed by atoms with Crippen LogP contribution in [0.5, 0.6) is 5.75 Å². The summed E-state index contributed by atoms with van der Waals surface area (Å²) in [5.41, 5.74) is 0.515. The van der Waals surface area contributed by atoms with E-state index < -0.39 is 4.92 Å². The number of nitrogens with one attached hydrogen (secondary N) is 1. The molecule has 1 unspecified atom stereocenters. The molecule has 1 rings (SSSR count). The van der Waals surface area contributed by atoms with E-state index in [1.807, 2.05) is 13.8 Å². The second-order valence-corrected chi connectivity index (χ2v) is 5.00. The van der Waals surface area contributed by atoms with Gasteiger partial charge < -0.3 is 10.1 Å². The third-order valence-corrected chi connectivity index (χ3v) is 2.68. The molecule has 5 heteroatoms. The minimum absolute atomic E-state index is 0.0138. The van der Waals surface area contributed by atoms with Crippen LogP contribution in [0.2, 0.25) is 0 Å². The highest BCUT2D eigenvalue weighted by atomic mass is 16.6. The molecule has 0 saturated carbocycles. The highest BCUT2D eigenvalue weighted by Gasteiger charge is 2.22. The maximum atomic E-state index is 11.2. The Morgan fingerprint density at radius 2 is 2.05 bits per heavy atom. The summed E-state index contributed by atoms with van der Waals surface area (Å²) >= 11 is 0. The van der Waals surface area contributed by atoms with Gasteiger partial charge in [0.15, 0.2) is 5.75 Å². The molecule has 19 heavy (non-hydrogen) atoms. The average Bonchev–Trinajstić information content (AvgIpc) is 2.27. The second-order valence-electron chi connectivity index (χ2n) is 5.00. The Kier molecular flexibility index (Phi) is 5.60. The molecule has 1 N–H and O–H groups in total. The van der Waals surface area contributed by atoms with Crippen molar-refractivity contribution in [3.8, 4) is 5.75 Å². The smallest absolute Gasteiger partial charge is 0.333 e. The van der Waals surface area contributed by atoms with Gasteiger partial charge in [0.1, 0.15) is 5.69 Å². The van der Waals surface area contributed by atoms with Crippen molar-refractivity contribution in [3.05, 3.63) is 28.3 Å². The quantitative estimate of drug-likeness (QED) is 0.601. The van der Waals surface area contributed by atoms with Crippen LogP contribution in [0.1, 0.15) is 34.1 Å². The summed E-state index contributed by atoms with van der Waals surface area (Å²) in [6.45, 7) is 8.67. The number of para-hydroxylation sites is 1. The SMILES string of the molecule is CCNc1cccc(OC(C)CC(C)C)c1[N+](=O)[O-]. The predicted molar refractivity (Wildman–Crippen MR) is 76.8 cm³/mol. The van der Waals surface area contributed by atoms with Crippen LogP contribution in [0.3, 0.4) is 0 Å². The molecule has 0 fully saturated rings. The van der Waals surface area contributed by atoms with Gasteiger partial charge in [0.05, 0.1) is 11.0 Å². The molecule has 0 aliphatic carbocycles. The number of nitrogens with zero attached hydrogens (tertiary/aromatic N) is 1. The maximum absolute atomic E-state index is 11.2. The summed E-state index contributed by atoms with van der Waals surface area (Å²) in [5.74, 6) is 0.822. The fourth-order valence-electron chi connectivity index (χ4n) is 2.07. The molecule has 0 spiro atoms. The van der Waals surface area contributed by atoms with Crippen LogP contribution in [-0.4, -0.2) is 17.6 Å². The van der Waals surface area contributed by atoms with E-state index in [1.165, 1.54) is 0 Å². The van der Waals surface area contributed by atoms with E-state index in [1.54, 1.807) is 18.2 Å². The third kappa shape index (κ3) is 4.43. The Labute approximate surface area is 114 Å². The predicted octanol–water partition coefficient (Wildman–Crippen LogP) is 3.84. The Balaban J connectivity index is 2.99. The van der Waals surface area contributed by atoms with Gasteiger partial charge in [-0.3, -0.25) is 10.1 Å². The highest BCUT2D eigenvalue weighted by molar-refractivity contribution is 5.68. The summed E-state index contributed by atoms with van der Waals surface area (Å²) < 4.78 is 5.72. The zero-order chi connectivity index (χ0) is 14.4. The first-order valence-corrected chi connectivity index (χ1v) is 6.63. The van der Waals surface area contributed by atoms with Crippen molar-refractivity contribution in [1.82, 2.24) is 0 Å². The van der Waals surface area contributed by atoms with Crippen LogP contribution in [0.4, 0.5) is 11.4 Å². The van der Waals surface area contributed by atoms with Crippen molar-refractivity contribution in [1.29, 1.82) is 0 Å². The van der Waals surface area contributed by atoms with Crippen LogP contribution < -0.4 is 10.1 Å². The van der Waals surface area contributed by atoms with E-state index in [2.05, 4.69) is 19.2 Å². The molecule has 0 aliphatic rings. The van der Waals surface area contributed by atoms with Crippen molar-refractivity contribution >= 4 is 11.4 Å². The van der Waals surface area contributed by atoms with Crippen molar-refractivity contribution in [3.63, 3.8) is 0 Å². The molecule has 106 valence electrons. The molecule has 0 aromatic heterocycles. The number of nitro groups is 1. The fraction of sp³-hybridized carbons (Fsp3) is 0.571. The molecule has 0 aliphatic heterocycles.